The van der Waals surface area contributed by atoms with E-state index in [2.05, 4.69) is 15.2 Å². The van der Waals surface area contributed by atoms with Gasteiger partial charge in [0.05, 0.1) is 18.8 Å². The highest BCUT2D eigenvalue weighted by Crippen LogP contribution is 2.28. The van der Waals surface area contributed by atoms with Gasteiger partial charge in [0.1, 0.15) is 0 Å². The third kappa shape index (κ3) is 6.41. The molecular weight excluding hydrogens is 326 g/mol. The normalized spacial score (nSPS) is 26.4. The van der Waals surface area contributed by atoms with Gasteiger partial charge in [0, 0.05) is 33.3 Å². The van der Waals surface area contributed by atoms with Gasteiger partial charge in [0.25, 0.3) is 0 Å². The van der Waals surface area contributed by atoms with Crippen LogP contribution in [-0.4, -0.2) is 63.0 Å². The number of nitrogens with zero attached hydrogens (tertiary/aromatic N) is 2. The van der Waals surface area contributed by atoms with Gasteiger partial charge in [-0.2, -0.15) is 0 Å². The van der Waals surface area contributed by atoms with Crippen LogP contribution < -0.4 is 5.32 Å². The Bertz CT molecular complexity index is 409. The van der Waals surface area contributed by atoms with Gasteiger partial charge in [0.15, 0.2) is 5.96 Å². The summed E-state index contributed by atoms with van der Waals surface area (Å²) in [6.07, 6.45) is 15.0. The molecule has 1 aliphatic carbocycles. The van der Waals surface area contributed by atoms with E-state index in [1.54, 1.807) is 0 Å². The molecule has 2 saturated heterocycles. The van der Waals surface area contributed by atoms with Crippen molar-refractivity contribution in [2.75, 3.05) is 39.9 Å². The van der Waals surface area contributed by atoms with E-state index in [0.29, 0.717) is 12.2 Å². The number of rotatable bonds is 7. The molecule has 1 atom stereocenters. The SMILES string of the molecule is CN=C(NCCCC1CCCC1)N1CCC(OCC2CCCCO2)CC1. The number of hydrogen-bond acceptors (Lipinski definition) is 3. The Hall–Kier alpha value is -0.810. The van der Waals surface area contributed by atoms with Gasteiger partial charge >= 0.3 is 0 Å². The van der Waals surface area contributed by atoms with Gasteiger partial charge in [-0.25, -0.2) is 0 Å². The lowest BCUT2D eigenvalue weighted by atomic mass is 10.0. The molecule has 2 heterocycles. The average molecular weight is 366 g/mol. The second-order valence-corrected chi connectivity index (χ2v) is 8.28. The van der Waals surface area contributed by atoms with E-state index >= 15 is 0 Å². The van der Waals surface area contributed by atoms with E-state index < -0.39 is 0 Å². The van der Waals surface area contributed by atoms with Crippen molar-refractivity contribution in [2.24, 2.45) is 10.9 Å². The van der Waals surface area contributed by atoms with Crippen LogP contribution in [0, 0.1) is 5.92 Å². The fourth-order valence-electron chi connectivity index (χ4n) is 4.64. The molecule has 2 aliphatic heterocycles. The van der Waals surface area contributed by atoms with E-state index in [9.17, 15) is 0 Å². The Balaban J connectivity index is 1.28. The average Bonchev–Trinajstić information content (AvgIpc) is 3.21. The molecule has 1 saturated carbocycles. The van der Waals surface area contributed by atoms with E-state index in [-0.39, 0.29) is 0 Å². The first-order chi connectivity index (χ1) is 12.8. The predicted molar refractivity (Wildman–Crippen MR) is 107 cm³/mol. The zero-order valence-corrected chi connectivity index (χ0v) is 16.8. The van der Waals surface area contributed by atoms with Gasteiger partial charge < -0.3 is 19.7 Å². The van der Waals surface area contributed by atoms with Crippen LogP contribution in [0.1, 0.15) is 70.6 Å². The molecule has 26 heavy (non-hydrogen) atoms. The topological polar surface area (TPSA) is 46.1 Å². The maximum Gasteiger partial charge on any atom is 0.193 e. The molecule has 0 bridgehead atoms. The number of piperidine rings is 1. The molecule has 0 radical (unpaired) electrons. The highest BCUT2D eigenvalue weighted by molar-refractivity contribution is 5.79. The maximum atomic E-state index is 6.13. The number of ether oxygens (including phenoxy) is 2. The predicted octanol–water partition coefficient (Wildman–Crippen LogP) is 3.58. The summed E-state index contributed by atoms with van der Waals surface area (Å²) in [5, 5.41) is 3.58. The Morgan fingerprint density at radius 1 is 1.08 bits per heavy atom. The summed E-state index contributed by atoms with van der Waals surface area (Å²) in [6, 6.07) is 0. The molecule has 1 N–H and O–H groups in total. The summed E-state index contributed by atoms with van der Waals surface area (Å²) in [7, 11) is 1.91. The summed E-state index contributed by atoms with van der Waals surface area (Å²) < 4.78 is 11.9. The van der Waals surface area contributed by atoms with Crippen LogP contribution in [0.2, 0.25) is 0 Å². The van der Waals surface area contributed by atoms with Crippen LogP contribution in [0.5, 0.6) is 0 Å². The summed E-state index contributed by atoms with van der Waals surface area (Å²) in [4.78, 5) is 6.89. The van der Waals surface area contributed by atoms with Crippen LogP contribution in [0.4, 0.5) is 0 Å². The van der Waals surface area contributed by atoms with Gasteiger partial charge in [-0.15, -0.1) is 0 Å². The molecule has 150 valence electrons. The second kappa shape index (κ2) is 11.1. The minimum atomic E-state index is 0.330. The van der Waals surface area contributed by atoms with Gasteiger partial charge in [-0.1, -0.05) is 25.7 Å². The minimum absolute atomic E-state index is 0.330. The first kappa shape index (κ1) is 19.9. The number of aliphatic imine (C=N–C) groups is 1. The van der Waals surface area contributed by atoms with Crippen molar-refractivity contribution >= 4 is 5.96 Å². The highest BCUT2D eigenvalue weighted by Gasteiger charge is 2.23. The van der Waals surface area contributed by atoms with Crippen molar-refractivity contribution in [1.29, 1.82) is 0 Å². The summed E-state index contributed by atoms with van der Waals surface area (Å²) in [6.45, 7) is 4.82. The second-order valence-electron chi connectivity index (χ2n) is 8.28. The molecule has 5 nitrogen and oxygen atoms in total. The Morgan fingerprint density at radius 3 is 2.54 bits per heavy atom. The van der Waals surface area contributed by atoms with Gasteiger partial charge in [-0.05, 0) is 50.9 Å². The Morgan fingerprint density at radius 2 is 1.85 bits per heavy atom. The van der Waals surface area contributed by atoms with Crippen molar-refractivity contribution < 1.29 is 9.47 Å². The maximum absolute atomic E-state index is 6.13. The van der Waals surface area contributed by atoms with E-state index in [4.69, 9.17) is 9.47 Å². The number of nitrogens with one attached hydrogen (secondary N) is 1. The fourth-order valence-corrected chi connectivity index (χ4v) is 4.64. The molecule has 1 unspecified atom stereocenters. The first-order valence-corrected chi connectivity index (χ1v) is 11.0. The molecule has 3 fully saturated rings. The molecule has 3 aliphatic rings. The summed E-state index contributed by atoms with van der Waals surface area (Å²) >= 11 is 0. The van der Waals surface area contributed by atoms with E-state index in [1.807, 2.05) is 7.05 Å². The lowest BCUT2D eigenvalue weighted by molar-refractivity contribution is -0.0721. The van der Waals surface area contributed by atoms with Crippen LogP contribution >= 0.6 is 0 Å². The van der Waals surface area contributed by atoms with Gasteiger partial charge in [-0.3, -0.25) is 4.99 Å². The van der Waals surface area contributed by atoms with E-state index in [1.165, 1.54) is 51.4 Å². The molecule has 0 spiro atoms. The van der Waals surface area contributed by atoms with Crippen molar-refractivity contribution in [3.8, 4) is 0 Å². The van der Waals surface area contributed by atoms with Crippen molar-refractivity contribution in [2.45, 2.75) is 82.8 Å². The molecule has 0 aromatic rings. The zero-order chi connectivity index (χ0) is 18.0. The Kier molecular flexibility index (Phi) is 8.53. The summed E-state index contributed by atoms with van der Waals surface area (Å²) in [5.41, 5.74) is 0. The van der Waals surface area contributed by atoms with Crippen LogP contribution in [0.15, 0.2) is 4.99 Å². The molecule has 0 amide bonds. The minimum Gasteiger partial charge on any atom is -0.376 e. The number of likely N-dealkylation sites (tertiary alicyclic amines) is 1. The number of guanidine groups is 1. The summed E-state index contributed by atoms with van der Waals surface area (Å²) in [5.74, 6) is 2.06. The molecule has 0 aromatic carbocycles. The van der Waals surface area contributed by atoms with Crippen molar-refractivity contribution in [3.63, 3.8) is 0 Å². The largest absolute Gasteiger partial charge is 0.376 e. The fraction of sp³-hybridized carbons (Fsp3) is 0.952. The first-order valence-electron chi connectivity index (χ1n) is 11.0. The molecule has 3 rings (SSSR count). The third-order valence-corrected chi connectivity index (χ3v) is 6.29. The molecular formula is C21H39N3O2. The lowest BCUT2D eigenvalue weighted by Crippen LogP contribution is -2.47. The molecule has 0 aromatic heterocycles. The Labute approximate surface area is 159 Å². The standard InChI is InChI=1S/C21H39N3O2/c1-22-21(23-13-6-9-18-7-2-3-8-18)24-14-11-19(12-15-24)26-17-20-10-4-5-16-25-20/h18-20H,2-17H2,1H3,(H,22,23). The van der Waals surface area contributed by atoms with E-state index in [0.717, 1.165) is 64.0 Å². The van der Waals surface area contributed by atoms with Crippen molar-refractivity contribution in [3.05, 3.63) is 0 Å². The van der Waals surface area contributed by atoms with Crippen LogP contribution in [0.25, 0.3) is 0 Å². The quantitative estimate of drug-likeness (QED) is 0.425. The van der Waals surface area contributed by atoms with Crippen molar-refractivity contribution in [1.82, 2.24) is 10.2 Å². The smallest absolute Gasteiger partial charge is 0.193 e. The van der Waals surface area contributed by atoms with Crippen LogP contribution in [0.3, 0.4) is 0 Å². The zero-order valence-electron chi connectivity index (χ0n) is 16.8. The molecule has 5 heteroatoms. The number of hydrogen-bond donors (Lipinski definition) is 1. The lowest BCUT2D eigenvalue weighted by Gasteiger charge is -2.35. The monoisotopic (exact) mass is 365 g/mol. The highest BCUT2D eigenvalue weighted by atomic mass is 16.5. The third-order valence-electron chi connectivity index (χ3n) is 6.29. The van der Waals surface area contributed by atoms with Gasteiger partial charge in [0.2, 0.25) is 0 Å². The van der Waals surface area contributed by atoms with Crippen LogP contribution in [-0.2, 0) is 9.47 Å².